The first-order valence-electron chi connectivity index (χ1n) is 5.90. The summed E-state index contributed by atoms with van der Waals surface area (Å²) < 4.78 is 5.41. The zero-order chi connectivity index (χ0) is 13.4. The van der Waals surface area contributed by atoms with E-state index in [1.807, 2.05) is 31.2 Å². The van der Waals surface area contributed by atoms with Crippen molar-refractivity contribution in [2.45, 2.75) is 6.92 Å². The summed E-state index contributed by atoms with van der Waals surface area (Å²) in [5, 5.41) is 0.956. The van der Waals surface area contributed by atoms with Crippen molar-refractivity contribution in [1.29, 1.82) is 0 Å². The van der Waals surface area contributed by atoms with Gasteiger partial charge in [0.15, 0.2) is 0 Å². The Hall–Kier alpha value is -2.62. The Morgan fingerprint density at radius 2 is 1.95 bits per heavy atom. The van der Waals surface area contributed by atoms with Gasteiger partial charge in [0.2, 0.25) is 5.91 Å². The first-order chi connectivity index (χ1) is 9.15. The van der Waals surface area contributed by atoms with Gasteiger partial charge in [0.1, 0.15) is 5.58 Å². The molecule has 0 fully saturated rings. The molecule has 0 radical (unpaired) electrons. The Bertz CT molecular complexity index is 757. The summed E-state index contributed by atoms with van der Waals surface area (Å²) in [7, 11) is 0. The number of rotatable bonds is 2. The number of benzene rings is 1. The molecule has 94 valence electrons. The molecule has 3 rings (SSSR count). The maximum atomic E-state index is 11.1. The second-order valence-corrected chi connectivity index (χ2v) is 4.39. The van der Waals surface area contributed by atoms with E-state index in [-0.39, 0.29) is 0 Å². The molecule has 0 saturated heterocycles. The number of nitrogens with zero attached hydrogens (tertiary/aromatic N) is 1. The molecule has 2 aromatic heterocycles. The van der Waals surface area contributed by atoms with Crippen LogP contribution in [-0.4, -0.2) is 10.9 Å². The molecular weight excluding hydrogens is 240 g/mol. The van der Waals surface area contributed by atoms with Gasteiger partial charge in [-0.15, -0.1) is 0 Å². The normalized spacial score (nSPS) is 10.8. The van der Waals surface area contributed by atoms with Crippen LogP contribution in [0.2, 0.25) is 0 Å². The summed E-state index contributed by atoms with van der Waals surface area (Å²) in [5.41, 5.74) is 9.19. The Morgan fingerprint density at radius 1 is 1.21 bits per heavy atom. The predicted molar refractivity (Wildman–Crippen MR) is 72.7 cm³/mol. The number of nitrogens with two attached hydrogens (primary N) is 1. The van der Waals surface area contributed by atoms with Crippen LogP contribution >= 0.6 is 0 Å². The standard InChI is InChI=1S/C15H12N2O2/c1-9-8-13-12(6-7-19-13)14(17-9)10-2-4-11(5-3-10)15(16)18/h2-8H,1H3,(H2,16,18). The smallest absolute Gasteiger partial charge is 0.248 e. The van der Waals surface area contributed by atoms with Crippen molar-refractivity contribution in [3.05, 3.63) is 53.9 Å². The molecule has 0 unspecified atom stereocenters. The predicted octanol–water partition coefficient (Wildman–Crippen LogP) is 2.90. The maximum absolute atomic E-state index is 11.1. The number of amides is 1. The van der Waals surface area contributed by atoms with E-state index in [1.165, 1.54) is 0 Å². The molecule has 1 amide bonds. The highest BCUT2D eigenvalue weighted by molar-refractivity contribution is 5.95. The fourth-order valence-electron chi connectivity index (χ4n) is 2.10. The zero-order valence-electron chi connectivity index (χ0n) is 10.4. The molecule has 0 aliphatic carbocycles. The Balaban J connectivity index is 2.18. The van der Waals surface area contributed by atoms with Gasteiger partial charge in [-0.3, -0.25) is 9.78 Å². The van der Waals surface area contributed by atoms with E-state index >= 15 is 0 Å². The van der Waals surface area contributed by atoms with E-state index in [0.717, 1.165) is 27.9 Å². The summed E-state index contributed by atoms with van der Waals surface area (Å²) in [4.78, 5) is 15.6. The minimum absolute atomic E-state index is 0.433. The number of aryl methyl sites for hydroxylation is 1. The molecule has 0 saturated carbocycles. The topological polar surface area (TPSA) is 69.1 Å². The maximum Gasteiger partial charge on any atom is 0.248 e. The van der Waals surface area contributed by atoms with Crippen LogP contribution < -0.4 is 5.73 Å². The lowest BCUT2D eigenvalue weighted by Crippen LogP contribution is -2.10. The minimum Gasteiger partial charge on any atom is -0.464 e. The number of hydrogen-bond acceptors (Lipinski definition) is 3. The van der Waals surface area contributed by atoms with Crippen LogP contribution in [0.15, 0.2) is 47.1 Å². The lowest BCUT2D eigenvalue weighted by atomic mass is 10.1. The van der Waals surface area contributed by atoms with Crippen LogP contribution in [0.4, 0.5) is 0 Å². The zero-order valence-corrected chi connectivity index (χ0v) is 10.4. The fraction of sp³-hybridized carbons (Fsp3) is 0.0667. The van der Waals surface area contributed by atoms with Gasteiger partial charge in [-0.05, 0) is 25.1 Å². The molecule has 0 bridgehead atoms. The van der Waals surface area contributed by atoms with Crippen molar-refractivity contribution in [2.24, 2.45) is 5.73 Å². The average molecular weight is 252 g/mol. The highest BCUT2D eigenvalue weighted by Crippen LogP contribution is 2.28. The first kappa shape index (κ1) is 11.5. The first-order valence-corrected chi connectivity index (χ1v) is 5.90. The van der Waals surface area contributed by atoms with Crippen LogP contribution in [-0.2, 0) is 0 Å². The van der Waals surface area contributed by atoms with Gasteiger partial charge in [0, 0.05) is 28.3 Å². The van der Waals surface area contributed by atoms with E-state index in [1.54, 1.807) is 18.4 Å². The molecule has 3 aromatic rings. The number of aromatic nitrogens is 1. The van der Waals surface area contributed by atoms with Crippen LogP contribution in [0.1, 0.15) is 16.1 Å². The third kappa shape index (κ3) is 1.97. The van der Waals surface area contributed by atoms with Gasteiger partial charge in [-0.2, -0.15) is 0 Å². The highest BCUT2D eigenvalue weighted by atomic mass is 16.3. The summed E-state index contributed by atoms with van der Waals surface area (Å²) >= 11 is 0. The van der Waals surface area contributed by atoms with Gasteiger partial charge in [-0.25, -0.2) is 0 Å². The van der Waals surface area contributed by atoms with Crippen LogP contribution in [0.5, 0.6) is 0 Å². The van der Waals surface area contributed by atoms with Gasteiger partial charge >= 0.3 is 0 Å². The minimum atomic E-state index is -0.433. The van der Waals surface area contributed by atoms with E-state index < -0.39 is 5.91 Å². The summed E-state index contributed by atoms with van der Waals surface area (Å²) in [6.45, 7) is 1.92. The Labute approximate surface area is 109 Å². The molecule has 4 heteroatoms. The van der Waals surface area contributed by atoms with Crippen molar-refractivity contribution in [1.82, 2.24) is 4.98 Å². The van der Waals surface area contributed by atoms with Crippen molar-refractivity contribution in [3.63, 3.8) is 0 Å². The number of fused-ring (bicyclic) bond motifs is 1. The van der Waals surface area contributed by atoms with Crippen LogP contribution in [0, 0.1) is 6.92 Å². The quantitative estimate of drug-likeness (QED) is 0.762. The summed E-state index contributed by atoms with van der Waals surface area (Å²) in [5.74, 6) is -0.433. The number of furan rings is 1. The average Bonchev–Trinajstić information content (AvgIpc) is 2.85. The second kappa shape index (κ2) is 4.24. The molecule has 0 aliphatic rings. The molecule has 1 aromatic carbocycles. The molecule has 2 heterocycles. The number of carbonyl (C=O) groups is 1. The van der Waals surface area contributed by atoms with Gasteiger partial charge in [0.25, 0.3) is 0 Å². The van der Waals surface area contributed by atoms with Gasteiger partial charge in [0.05, 0.1) is 12.0 Å². The largest absolute Gasteiger partial charge is 0.464 e. The van der Waals surface area contributed by atoms with Crippen molar-refractivity contribution < 1.29 is 9.21 Å². The number of carbonyl (C=O) groups excluding carboxylic acids is 1. The summed E-state index contributed by atoms with van der Waals surface area (Å²) in [6, 6.07) is 10.9. The summed E-state index contributed by atoms with van der Waals surface area (Å²) in [6.07, 6.45) is 1.65. The van der Waals surface area contributed by atoms with Crippen LogP contribution in [0.25, 0.3) is 22.2 Å². The SMILES string of the molecule is Cc1cc2occc2c(-c2ccc(C(N)=O)cc2)n1. The van der Waals surface area contributed by atoms with E-state index in [2.05, 4.69) is 4.98 Å². The third-order valence-corrected chi connectivity index (χ3v) is 3.02. The van der Waals surface area contributed by atoms with Crippen molar-refractivity contribution in [3.8, 4) is 11.3 Å². The van der Waals surface area contributed by atoms with E-state index in [0.29, 0.717) is 5.56 Å². The molecule has 2 N–H and O–H groups in total. The molecular formula is C15H12N2O2. The molecule has 19 heavy (non-hydrogen) atoms. The van der Waals surface area contributed by atoms with Crippen LogP contribution in [0.3, 0.4) is 0 Å². The third-order valence-electron chi connectivity index (χ3n) is 3.02. The monoisotopic (exact) mass is 252 g/mol. The lowest BCUT2D eigenvalue weighted by molar-refractivity contribution is 0.100. The van der Waals surface area contributed by atoms with E-state index in [9.17, 15) is 4.79 Å². The number of pyridine rings is 1. The highest BCUT2D eigenvalue weighted by Gasteiger charge is 2.09. The molecule has 0 spiro atoms. The molecule has 4 nitrogen and oxygen atoms in total. The van der Waals surface area contributed by atoms with Crippen molar-refractivity contribution >= 4 is 16.9 Å². The fourth-order valence-corrected chi connectivity index (χ4v) is 2.10. The van der Waals surface area contributed by atoms with Gasteiger partial charge in [-0.1, -0.05) is 12.1 Å². The number of hydrogen-bond donors (Lipinski definition) is 1. The number of primary amides is 1. The van der Waals surface area contributed by atoms with E-state index in [4.69, 9.17) is 10.2 Å². The lowest BCUT2D eigenvalue weighted by Gasteiger charge is -2.04. The second-order valence-electron chi connectivity index (χ2n) is 4.39. The molecule has 0 aliphatic heterocycles. The Morgan fingerprint density at radius 3 is 2.63 bits per heavy atom. The Kier molecular flexibility index (Phi) is 2.56. The van der Waals surface area contributed by atoms with Gasteiger partial charge < -0.3 is 10.2 Å². The van der Waals surface area contributed by atoms with Crippen molar-refractivity contribution in [2.75, 3.05) is 0 Å². The molecule has 0 atom stereocenters.